The van der Waals surface area contributed by atoms with E-state index in [-0.39, 0.29) is 6.04 Å². The SMILES string of the molecule is COc1cc(OC)c2c(c1)OCCC1=C2NC(N)=NC1c1ccc(-c2cccnc2)cc1. The molecule has 3 heterocycles. The van der Waals surface area contributed by atoms with Gasteiger partial charge in [0.05, 0.1) is 32.1 Å². The third-order valence-electron chi connectivity index (χ3n) is 5.77. The lowest BCUT2D eigenvalue weighted by atomic mass is 9.90. The van der Waals surface area contributed by atoms with Crippen molar-refractivity contribution in [3.8, 4) is 28.4 Å². The average Bonchev–Trinajstić information content (AvgIpc) is 3.03. The van der Waals surface area contributed by atoms with Crippen LogP contribution in [0.5, 0.6) is 17.2 Å². The van der Waals surface area contributed by atoms with E-state index in [1.165, 1.54) is 0 Å². The predicted octanol–water partition coefficient (Wildman–Crippen LogP) is 3.92. The fourth-order valence-electron chi connectivity index (χ4n) is 4.22. The second kappa shape index (κ2) is 8.26. The first-order valence-corrected chi connectivity index (χ1v) is 10.4. The van der Waals surface area contributed by atoms with Gasteiger partial charge < -0.3 is 25.3 Å². The first-order chi connectivity index (χ1) is 15.7. The van der Waals surface area contributed by atoms with Crippen molar-refractivity contribution < 1.29 is 14.2 Å². The van der Waals surface area contributed by atoms with Gasteiger partial charge in [-0.15, -0.1) is 0 Å². The van der Waals surface area contributed by atoms with E-state index in [1.54, 1.807) is 20.4 Å². The van der Waals surface area contributed by atoms with E-state index in [0.29, 0.717) is 36.2 Å². The summed E-state index contributed by atoms with van der Waals surface area (Å²) in [6, 6.07) is 15.9. The molecule has 0 amide bonds. The van der Waals surface area contributed by atoms with Crippen LogP contribution in [0.4, 0.5) is 0 Å². The molecule has 2 aliphatic rings. The van der Waals surface area contributed by atoms with Gasteiger partial charge in [-0.1, -0.05) is 30.3 Å². The van der Waals surface area contributed by atoms with Crippen LogP contribution in [0.2, 0.25) is 0 Å². The van der Waals surface area contributed by atoms with Gasteiger partial charge in [-0.2, -0.15) is 0 Å². The summed E-state index contributed by atoms with van der Waals surface area (Å²) < 4.78 is 17.2. The summed E-state index contributed by atoms with van der Waals surface area (Å²) in [6.45, 7) is 0.517. The maximum Gasteiger partial charge on any atom is 0.194 e. The van der Waals surface area contributed by atoms with Crippen LogP contribution in [0, 0.1) is 0 Å². The maximum absolute atomic E-state index is 6.24. The first kappa shape index (κ1) is 19.9. The number of hydrogen-bond acceptors (Lipinski definition) is 7. The highest BCUT2D eigenvalue weighted by Crippen LogP contribution is 2.45. The first-order valence-electron chi connectivity index (χ1n) is 10.4. The minimum Gasteiger partial charge on any atom is -0.496 e. The molecule has 0 saturated heterocycles. The largest absolute Gasteiger partial charge is 0.496 e. The normalized spacial score (nSPS) is 17.2. The zero-order valence-electron chi connectivity index (χ0n) is 18.0. The van der Waals surface area contributed by atoms with E-state index in [2.05, 4.69) is 34.6 Å². The minimum absolute atomic E-state index is 0.212. The number of nitrogens with one attached hydrogen (secondary N) is 1. The van der Waals surface area contributed by atoms with Crippen LogP contribution in [0.1, 0.15) is 23.6 Å². The van der Waals surface area contributed by atoms with Crippen LogP contribution < -0.4 is 25.3 Å². The Labute approximate surface area is 186 Å². The van der Waals surface area contributed by atoms with E-state index in [0.717, 1.165) is 33.5 Å². The van der Waals surface area contributed by atoms with E-state index in [9.17, 15) is 0 Å². The monoisotopic (exact) mass is 428 g/mol. The van der Waals surface area contributed by atoms with Crippen molar-refractivity contribution in [1.82, 2.24) is 10.3 Å². The topological polar surface area (TPSA) is 91.0 Å². The number of aliphatic imine (C=N–C) groups is 1. The van der Waals surface area contributed by atoms with Gasteiger partial charge in [0.15, 0.2) is 5.96 Å². The average molecular weight is 428 g/mol. The van der Waals surface area contributed by atoms with Gasteiger partial charge in [-0.3, -0.25) is 4.98 Å². The Morgan fingerprint density at radius 2 is 1.91 bits per heavy atom. The molecule has 3 aromatic rings. The number of nitrogens with zero attached hydrogens (tertiary/aromatic N) is 2. The van der Waals surface area contributed by atoms with Crippen LogP contribution in [-0.2, 0) is 0 Å². The van der Waals surface area contributed by atoms with Gasteiger partial charge in [0.1, 0.15) is 23.3 Å². The summed E-state index contributed by atoms with van der Waals surface area (Å²) >= 11 is 0. The summed E-state index contributed by atoms with van der Waals surface area (Å²) in [5, 5.41) is 3.26. The van der Waals surface area contributed by atoms with E-state index < -0.39 is 0 Å². The standard InChI is InChI=1S/C25H24N4O3/c1-30-18-12-20(31-2)22-21(13-18)32-11-9-19-23(28-25(26)29-24(19)22)16-7-5-15(6-8-16)17-4-3-10-27-14-17/h3-8,10,12-14,23H,9,11H2,1-2H3,(H3,26,28,29). The highest BCUT2D eigenvalue weighted by atomic mass is 16.5. The molecule has 0 bridgehead atoms. The molecule has 0 radical (unpaired) electrons. The van der Waals surface area contributed by atoms with Crippen LogP contribution >= 0.6 is 0 Å². The zero-order chi connectivity index (χ0) is 22.1. The van der Waals surface area contributed by atoms with E-state index >= 15 is 0 Å². The Bertz CT molecular complexity index is 1200. The summed E-state index contributed by atoms with van der Waals surface area (Å²) in [7, 11) is 3.26. The van der Waals surface area contributed by atoms with Gasteiger partial charge in [0.2, 0.25) is 0 Å². The molecule has 7 heteroatoms. The quantitative estimate of drug-likeness (QED) is 0.655. The minimum atomic E-state index is -0.212. The molecular formula is C25H24N4O3. The Balaban J connectivity index is 1.59. The number of fused-ring (bicyclic) bond motifs is 2. The molecule has 32 heavy (non-hydrogen) atoms. The van der Waals surface area contributed by atoms with Crippen molar-refractivity contribution in [2.75, 3.05) is 20.8 Å². The lowest BCUT2D eigenvalue weighted by Crippen LogP contribution is -2.35. The molecule has 1 atom stereocenters. The smallest absolute Gasteiger partial charge is 0.194 e. The molecule has 1 unspecified atom stereocenters. The molecule has 2 aliphatic heterocycles. The number of hydrogen-bond donors (Lipinski definition) is 2. The number of methoxy groups -OCH3 is 2. The molecule has 0 saturated carbocycles. The van der Waals surface area contributed by atoms with Gasteiger partial charge in [0.25, 0.3) is 0 Å². The lowest BCUT2D eigenvalue weighted by Gasteiger charge is -2.27. The molecule has 2 aromatic carbocycles. The number of benzene rings is 2. The second-order valence-corrected chi connectivity index (χ2v) is 7.61. The Kier molecular flexibility index (Phi) is 5.15. The lowest BCUT2D eigenvalue weighted by molar-refractivity contribution is 0.315. The number of guanidine groups is 1. The van der Waals surface area contributed by atoms with E-state index in [1.807, 2.05) is 30.5 Å². The fraction of sp³-hybridized carbons (Fsp3) is 0.200. The van der Waals surface area contributed by atoms with Crippen molar-refractivity contribution >= 4 is 11.7 Å². The molecule has 0 aliphatic carbocycles. The Morgan fingerprint density at radius 1 is 1.06 bits per heavy atom. The maximum atomic E-state index is 6.24. The molecular weight excluding hydrogens is 404 g/mol. The summed E-state index contributed by atoms with van der Waals surface area (Å²) in [5.74, 6) is 2.38. The Hall–Kier alpha value is -4.00. The van der Waals surface area contributed by atoms with Crippen molar-refractivity contribution in [1.29, 1.82) is 0 Å². The highest BCUT2D eigenvalue weighted by Gasteiger charge is 2.31. The van der Waals surface area contributed by atoms with Crippen LogP contribution in [0.3, 0.4) is 0 Å². The van der Waals surface area contributed by atoms with Crippen molar-refractivity contribution in [3.05, 3.63) is 77.6 Å². The molecule has 0 fully saturated rings. The Morgan fingerprint density at radius 3 is 2.62 bits per heavy atom. The van der Waals surface area contributed by atoms with Crippen molar-refractivity contribution in [2.45, 2.75) is 12.5 Å². The second-order valence-electron chi connectivity index (χ2n) is 7.61. The number of nitrogens with two attached hydrogens (primary N) is 1. The van der Waals surface area contributed by atoms with Gasteiger partial charge in [0, 0.05) is 30.9 Å². The highest BCUT2D eigenvalue weighted by molar-refractivity contribution is 5.94. The fourth-order valence-corrected chi connectivity index (χ4v) is 4.22. The number of pyridine rings is 1. The van der Waals surface area contributed by atoms with Crippen LogP contribution in [-0.4, -0.2) is 31.8 Å². The van der Waals surface area contributed by atoms with Gasteiger partial charge in [-0.05, 0) is 28.3 Å². The third-order valence-corrected chi connectivity index (χ3v) is 5.77. The van der Waals surface area contributed by atoms with Crippen molar-refractivity contribution in [3.63, 3.8) is 0 Å². The number of rotatable bonds is 4. The number of ether oxygens (including phenoxy) is 3. The molecule has 0 spiro atoms. The summed E-state index contributed by atoms with van der Waals surface area (Å²) in [6.07, 6.45) is 4.33. The summed E-state index contributed by atoms with van der Waals surface area (Å²) in [4.78, 5) is 8.94. The van der Waals surface area contributed by atoms with Crippen LogP contribution in [0.25, 0.3) is 16.8 Å². The molecule has 162 valence electrons. The molecule has 7 nitrogen and oxygen atoms in total. The van der Waals surface area contributed by atoms with Crippen molar-refractivity contribution in [2.24, 2.45) is 10.7 Å². The van der Waals surface area contributed by atoms with Gasteiger partial charge >= 0.3 is 0 Å². The number of aromatic nitrogens is 1. The zero-order valence-corrected chi connectivity index (χ0v) is 18.0. The van der Waals surface area contributed by atoms with Gasteiger partial charge in [-0.25, -0.2) is 4.99 Å². The molecule has 1 aromatic heterocycles. The third kappa shape index (κ3) is 3.51. The molecule has 5 rings (SSSR count). The molecule has 3 N–H and O–H groups in total. The summed E-state index contributed by atoms with van der Waals surface area (Å²) in [5.41, 5.74) is 12.3. The predicted molar refractivity (Wildman–Crippen MR) is 124 cm³/mol. The van der Waals surface area contributed by atoms with Crippen LogP contribution in [0.15, 0.2) is 71.5 Å². The van der Waals surface area contributed by atoms with E-state index in [4.69, 9.17) is 24.9 Å².